The molecule has 4 nitrogen and oxygen atoms in total. The third-order valence-electron chi connectivity index (χ3n) is 1.87. The van der Waals surface area contributed by atoms with Crippen LogP contribution >= 0.6 is 0 Å². The number of nitriles is 1. The normalized spacial score (nSPS) is 9.93. The van der Waals surface area contributed by atoms with Gasteiger partial charge >= 0.3 is 6.01 Å². The molecular weight excluding hydrogens is 178 g/mol. The molecule has 4 heteroatoms. The molecule has 0 aromatic carbocycles. The van der Waals surface area contributed by atoms with Crippen LogP contribution in [0.5, 0.6) is 6.01 Å². The van der Waals surface area contributed by atoms with Crippen molar-refractivity contribution in [1.29, 1.82) is 5.26 Å². The molecule has 74 valence electrons. The van der Waals surface area contributed by atoms with Gasteiger partial charge in [-0.15, -0.1) is 0 Å². The van der Waals surface area contributed by atoms with Crippen molar-refractivity contribution in [3.05, 3.63) is 17.5 Å². The van der Waals surface area contributed by atoms with Gasteiger partial charge in [0.2, 0.25) is 0 Å². The van der Waals surface area contributed by atoms with Crippen molar-refractivity contribution in [3.63, 3.8) is 0 Å². The fraction of sp³-hybridized carbons (Fsp3) is 0.500. The van der Waals surface area contributed by atoms with E-state index in [1.165, 1.54) is 7.11 Å². The number of nitrogens with zero attached hydrogens (tertiary/aromatic N) is 3. The van der Waals surface area contributed by atoms with Crippen molar-refractivity contribution in [2.45, 2.75) is 26.2 Å². The summed E-state index contributed by atoms with van der Waals surface area (Å²) in [4.78, 5) is 8.20. The average molecular weight is 191 g/mol. The zero-order chi connectivity index (χ0) is 10.6. The first kappa shape index (κ1) is 10.5. The van der Waals surface area contributed by atoms with Gasteiger partial charge in [-0.2, -0.15) is 10.2 Å². The average Bonchev–Trinajstić information content (AvgIpc) is 2.18. The predicted molar refractivity (Wildman–Crippen MR) is 52.0 cm³/mol. The molecule has 0 spiro atoms. The van der Waals surface area contributed by atoms with E-state index in [1.54, 1.807) is 6.20 Å². The SMILES string of the molecule is COc1ncc(CC#N)c(C(C)C)n1. The minimum atomic E-state index is 0.273. The van der Waals surface area contributed by atoms with Gasteiger partial charge in [0.15, 0.2) is 0 Å². The van der Waals surface area contributed by atoms with E-state index in [4.69, 9.17) is 10.00 Å². The summed E-state index contributed by atoms with van der Waals surface area (Å²) in [7, 11) is 1.53. The Morgan fingerprint density at radius 3 is 2.79 bits per heavy atom. The smallest absolute Gasteiger partial charge is 0.316 e. The molecule has 1 rings (SSSR count). The van der Waals surface area contributed by atoms with E-state index in [1.807, 2.05) is 13.8 Å². The number of hydrogen-bond acceptors (Lipinski definition) is 4. The van der Waals surface area contributed by atoms with Gasteiger partial charge in [-0.1, -0.05) is 13.8 Å². The molecule has 1 aromatic heterocycles. The number of aromatic nitrogens is 2. The minimum absolute atomic E-state index is 0.273. The monoisotopic (exact) mass is 191 g/mol. The van der Waals surface area contributed by atoms with Crippen molar-refractivity contribution in [2.24, 2.45) is 0 Å². The Bertz CT molecular complexity index is 355. The molecule has 0 saturated heterocycles. The van der Waals surface area contributed by atoms with Crippen molar-refractivity contribution in [3.8, 4) is 12.1 Å². The fourth-order valence-corrected chi connectivity index (χ4v) is 1.22. The summed E-state index contributed by atoms with van der Waals surface area (Å²) in [6, 6.07) is 2.45. The lowest BCUT2D eigenvalue weighted by Gasteiger charge is -2.09. The zero-order valence-corrected chi connectivity index (χ0v) is 8.61. The molecular formula is C10H13N3O. The Balaban J connectivity index is 3.11. The lowest BCUT2D eigenvalue weighted by Crippen LogP contribution is -2.03. The van der Waals surface area contributed by atoms with Crippen LogP contribution in [0, 0.1) is 11.3 Å². The first-order valence-corrected chi connectivity index (χ1v) is 4.45. The predicted octanol–water partition coefficient (Wildman–Crippen LogP) is 1.67. The van der Waals surface area contributed by atoms with E-state index in [0.29, 0.717) is 12.4 Å². The van der Waals surface area contributed by atoms with Gasteiger partial charge in [-0.05, 0) is 5.92 Å². The number of ether oxygens (including phenoxy) is 1. The molecule has 0 unspecified atom stereocenters. The molecule has 0 radical (unpaired) electrons. The van der Waals surface area contributed by atoms with Gasteiger partial charge in [0, 0.05) is 11.8 Å². The molecule has 0 bridgehead atoms. The minimum Gasteiger partial charge on any atom is -0.467 e. The maximum absolute atomic E-state index is 8.62. The third kappa shape index (κ3) is 2.19. The van der Waals surface area contributed by atoms with Gasteiger partial charge in [0.1, 0.15) is 0 Å². The Hall–Kier alpha value is -1.63. The Morgan fingerprint density at radius 1 is 1.57 bits per heavy atom. The Kier molecular flexibility index (Phi) is 3.41. The van der Waals surface area contributed by atoms with Crippen molar-refractivity contribution in [1.82, 2.24) is 9.97 Å². The second-order valence-corrected chi connectivity index (χ2v) is 3.26. The van der Waals surface area contributed by atoms with E-state index < -0.39 is 0 Å². The highest BCUT2D eigenvalue weighted by molar-refractivity contribution is 5.24. The molecule has 0 saturated carbocycles. The Labute approximate surface area is 83.6 Å². The highest BCUT2D eigenvalue weighted by Gasteiger charge is 2.10. The van der Waals surface area contributed by atoms with Crippen LogP contribution in [0.1, 0.15) is 31.0 Å². The van der Waals surface area contributed by atoms with Crippen LogP contribution in [0.2, 0.25) is 0 Å². The van der Waals surface area contributed by atoms with Gasteiger partial charge in [0.25, 0.3) is 0 Å². The van der Waals surface area contributed by atoms with Crippen LogP contribution in [0.15, 0.2) is 6.20 Å². The van der Waals surface area contributed by atoms with Crippen LogP contribution in [0.3, 0.4) is 0 Å². The van der Waals surface area contributed by atoms with Crippen molar-refractivity contribution >= 4 is 0 Å². The van der Waals surface area contributed by atoms with Crippen molar-refractivity contribution < 1.29 is 4.74 Å². The molecule has 1 aromatic rings. The topological polar surface area (TPSA) is 58.8 Å². The molecule has 0 aliphatic rings. The van der Waals surface area contributed by atoms with E-state index in [9.17, 15) is 0 Å². The van der Waals surface area contributed by atoms with Gasteiger partial charge in [0.05, 0.1) is 25.3 Å². The summed E-state index contributed by atoms with van der Waals surface area (Å²) < 4.78 is 4.93. The lowest BCUT2D eigenvalue weighted by molar-refractivity contribution is 0.376. The summed E-state index contributed by atoms with van der Waals surface area (Å²) in [6.07, 6.45) is 2.00. The van der Waals surface area contributed by atoms with Gasteiger partial charge < -0.3 is 4.74 Å². The summed E-state index contributed by atoms with van der Waals surface area (Å²) in [6.45, 7) is 4.06. The zero-order valence-electron chi connectivity index (χ0n) is 8.61. The van der Waals surface area contributed by atoms with Crippen LogP contribution in [-0.2, 0) is 6.42 Å². The molecule has 0 N–H and O–H groups in total. The van der Waals surface area contributed by atoms with Gasteiger partial charge in [-0.25, -0.2) is 4.98 Å². The van der Waals surface area contributed by atoms with E-state index >= 15 is 0 Å². The molecule has 0 amide bonds. The van der Waals surface area contributed by atoms with E-state index in [-0.39, 0.29) is 5.92 Å². The third-order valence-corrected chi connectivity index (χ3v) is 1.87. The molecule has 1 heterocycles. The number of methoxy groups -OCH3 is 1. The first-order chi connectivity index (χ1) is 6.69. The van der Waals surface area contributed by atoms with Crippen LogP contribution in [0.25, 0.3) is 0 Å². The maximum atomic E-state index is 8.62. The number of hydrogen-bond donors (Lipinski definition) is 0. The Morgan fingerprint density at radius 2 is 2.29 bits per heavy atom. The summed E-state index contributed by atoms with van der Waals surface area (Å²) >= 11 is 0. The number of rotatable bonds is 3. The van der Waals surface area contributed by atoms with Crippen LogP contribution in [-0.4, -0.2) is 17.1 Å². The molecule has 0 fully saturated rings. The second kappa shape index (κ2) is 4.56. The fourth-order valence-electron chi connectivity index (χ4n) is 1.22. The summed E-state index contributed by atoms with van der Waals surface area (Å²) in [5.74, 6) is 0.273. The van der Waals surface area contributed by atoms with Crippen molar-refractivity contribution in [2.75, 3.05) is 7.11 Å². The first-order valence-electron chi connectivity index (χ1n) is 4.45. The lowest BCUT2D eigenvalue weighted by atomic mass is 10.0. The highest BCUT2D eigenvalue weighted by Crippen LogP contribution is 2.18. The standard InChI is InChI=1S/C10H13N3O/c1-7(2)9-8(4-5-11)6-12-10(13-9)14-3/h6-7H,4H2,1-3H3. The largest absolute Gasteiger partial charge is 0.467 e. The summed E-state index contributed by atoms with van der Waals surface area (Å²) in [5.41, 5.74) is 1.77. The van der Waals surface area contributed by atoms with Crippen LogP contribution in [0.4, 0.5) is 0 Å². The molecule has 0 aliphatic heterocycles. The highest BCUT2D eigenvalue weighted by atomic mass is 16.5. The quantitative estimate of drug-likeness (QED) is 0.729. The summed E-state index contributed by atoms with van der Waals surface area (Å²) in [5, 5.41) is 8.62. The maximum Gasteiger partial charge on any atom is 0.316 e. The van der Waals surface area contributed by atoms with Gasteiger partial charge in [-0.3, -0.25) is 0 Å². The van der Waals surface area contributed by atoms with E-state index in [0.717, 1.165) is 11.3 Å². The molecule has 0 atom stereocenters. The molecule has 14 heavy (non-hydrogen) atoms. The van der Waals surface area contributed by atoms with E-state index in [2.05, 4.69) is 16.0 Å². The van der Waals surface area contributed by atoms with Crippen LogP contribution < -0.4 is 4.74 Å². The molecule has 0 aliphatic carbocycles. The second-order valence-electron chi connectivity index (χ2n) is 3.26.